The summed E-state index contributed by atoms with van der Waals surface area (Å²) in [4.78, 5) is 11.6. The van der Waals surface area contributed by atoms with Gasteiger partial charge in [-0.1, -0.05) is 61.9 Å². The minimum Gasteiger partial charge on any atom is -0.484 e. The number of carbonyl (C=O) groups is 1. The third-order valence-electron chi connectivity index (χ3n) is 3.27. The van der Waals surface area contributed by atoms with E-state index in [0.717, 1.165) is 18.4 Å². The molecule has 4 nitrogen and oxygen atoms in total. The first-order valence-corrected chi connectivity index (χ1v) is 8.03. The van der Waals surface area contributed by atoms with Gasteiger partial charge < -0.3 is 4.74 Å². The van der Waals surface area contributed by atoms with Gasteiger partial charge in [0.2, 0.25) is 0 Å². The second-order valence-corrected chi connectivity index (χ2v) is 5.27. The van der Waals surface area contributed by atoms with Gasteiger partial charge in [-0.05, 0) is 35.8 Å². The second kappa shape index (κ2) is 10.0. The van der Waals surface area contributed by atoms with Crippen molar-refractivity contribution in [1.29, 1.82) is 0 Å². The Hall–Kier alpha value is -2.88. The van der Waals surface area contributed by atoms with Crippen molar-refractivity contribution in [1.82, 2.24) is 5.43 Å². The summed E-state index contributed by atoms with van der Waals surface area (Å²) < 4.78 is 5.42. The maximum Gasteiger partial charge on any atom is 0.277 e. The Morgan fingerprint density at radius 2 is 1.88 bits per heavy atom. The Kier molecular flexibility index (Phi) is 7.28. The van der Waals surface area contributed by atoms with E-state index in [1.165, 1.54) is 11.8 Å². The molecule has 1 amide bonds. The number of ether oxygens (including phenoxy) is 1. The van der Waals surface area contributed by atoms with Crippen molar-refractivity contribution >= 4 is 18.2 Å². The molecule has 2 aromatic rings. The number of rotatable bonds is 8. The number of hydrogen-bond donors (Lipinski definition) is 1. The Balaban J connectivity index is 1.69. The van der Waals surface area contributed by atoms with Crippen molar-refractivity contribution in [3.8, 4) is 5.75 Å². The number of allylic oxidation sites excluding steroid dienone is 1. The maximum atomic E-state index is 11.6. The normalized spacial score (nSPS) is 11.0. The second-order valence-electron chi connectivity index (χ2n) is 5.27. The standard InChI is InChI=1S/C20H22N2O2/c1-2-7-17-11-13-19(14-12-17)24-16-20(23)22-21-15-6-10-18-8-4-3-5-9-18/h3-6,8-15H,2,7,16H2,1H3,(H,22,23)/b10-6-,21-15?. The number of benzene rings is 2. The third kappa shape index (κ3) is 6.48. The van der Waals surface area contributed by atoms with E-state index >= 15 is 0 Å². The van der Waals surface area contributed by atoms with Crippen LogP contribution in [0.2, 0.25) is 0 Å². The van der Waals surface area contributed by atoms with Crippen LogP contribution in [0.1, 0.15) is 24.5 Å². The van der Waals surface area contributed by atoms with E-state index in [1.54, 1.807) is 6.08 Å². The van der Waals surface area contributed by atoms with E-state index in [9.17, 15) is 4.79 Å². The molecular formula is C20H22N2O2. The lowest BCUT2D eigenvalue weighted by atomic mass is 10.1. The van der Waals surface area contributed by atoms with Gasteiger partial charge in [0, 0.05) is 6.21 Å². The zero-order valence-corrected chi connectivity index (χ0v) is 13.8. The van der Waals surface area contributed by atoms with Gasteiger partial charge in [0.25, 0.3) is 5.91 Å². The number of amides is 1. The van der Waals surface area contributed by atoms with Gasteiger partial charge in [-0.15, -0.1) is 0 Å². The van der Waals surface area contributed by atoms with Crippen LogP contribution >= 0.6 is 0 Å². The molecule has 0 atom stereocenters. The molecule has 0 unspecified atom stereocenters. The highest BCUT2D eigenvalue weighted by Gasteiger charge is 2.01. The van der Waals surface area contributed by atoms with Crippen LogP contribution in [0.4, 0.5) is 0 Å². The topological polar surface area (TPSA) is 50.7 Å². The van der Waals surface area contributed by atoms with Crippen LogP contribution in [0.3, 0.4) is 0 Å². The molecule has 2 aromatic carbocycles. The van der Waals surface area contributed by atoms with E-state index in [1.807, 2.05) is 60.7 Å². The third-order valence-corrected chi connectivity index (χ3v) is 3.27. The molecule has 0 aliphatic carbocycles. The molecule has 0 heterocycles. The Morgan fingerprint density at radius 1 is 1.12 bits per heavy atom. The summed E-state index contributed by atoms with van der Waals surface area (Å²) in [7, 11) is 0. The van der Waals surface area contributed by atoms with Crippen molar-refractivity contribution in [3.63, 3.8) is 0 Å². The molecule has 0 radical (unpaired) electrons. The van der Waals surface area contributed by atoms with Crippen LogP contribution < -0.4 is 10.2 Å². The molecule has 0 fully saturated rings. The van der Waals surface area contributed by atoms with Crippen LogP contribution in [-0.4, -0.2) is 18.7 Å². The predicted molar refractivity (Wildman–Crippen MR) is 98.0 cm³/mol. The highest BCUT2D eigenvalue weighted by molar-refractivity contribution is 5.81. The summed E-state index contributed by atoms with van der Waals surface area (Å²) in [5.74, 6) is 0.384. The molecule has 0 aliphatic rings. The molecule has 24 heavy (non-hydrogen) atoms. The first-order valence-electron chi connectivity index (χ1n) is 8.03. The predicted octanol–water partition coefficient (Wildman–Crippen LogP) is 3.83. The van der Waals surface area contributed by atoms with E-state index in [2.05, 4.69) is 17.5 Å². The molecular weight excluding hydrogens is 300 g/mol. The molecule has 124 valence electrons. The summed E-state index contributed by atoms with van der Waals surface area (Å²) in [5.41, 5.74) is 4.77. The number of nitrogens with zero attached hydrogens (tertiary/aromatic N) is 1. The first-order chi connectivity index (χ1) is 11.8. The summed E-state index contributed by atoms with van der Waals surface area (Å²) in [6, 6.07) is 17.7. The average molecular weight is 322 g/mol. The Morgan fingerprint density at radius 3 is 2.58 bits per heavy atom. The van der Waals surface area contributed by atoms with E-state index < -0.39 is 0 Å². The molecule has 2 rings (SSSR count). The monoisotopic (exact) mass is 322 g/mol. The van der Waals surface area contributed by atoms with Crippen LogP contribution in [-0.2, 0) is 11.2 Å². The van der Waals surface area contributed by atoms with Crippen molar-refractivity contribution < 1.29 is 9.53 Å². The Bertz CT molecular complexity index is 677. The molecule has 0 spiro atoms. The molecule has 0 saturated heterocycles. The van der Waals surface area contributed by atoms with Gasteiger partial charge in [-0.3, -0.25) is 4.79 Å². The maximum absolute atomic E-state index is 11.6. The number of aryl methyl sites for hydroxylation is 1. The lowest BCUT2D eigenvalue weighted by Crippen LogP contribution is -2.24. The van der Waals surface area contributed by atoms with E-state index in [-0.39, 0.29) is 12.5 Å². The average Bonchev–Trinajstić information content (AvgIpc) is 2.62. The molecule has 1 N–H and O–H groups in total. The Labute approximate surface area is 142 Å². The van der Waals surface area contributed by atoms with Crippen LogP contribution in [0, 0.1) is 0 Å². The highest BCUT2D eigenvalue weighted by atomic mass is 16.5. The van der Waals surface area contributed by atoms with E-state index in [0.29, 0.717) is 5.75 Å². The quantitative estimate of drug-likeness (QED) is 0.593. The highest BCUT2D eigenvalue weighted by Crippen LogP contribution is 2.13. The van der Waals surface area contributed by atoms with Crippen LogP contribution in [0.15, 0.2) is 65.8 Å². The summed E-state index contributed by atoms with van der Waals surface area (Å²) in [5, 5.41) is 3.85. The fraction of sp³-hybridized carbons (Fsp3) is 0.200. The van der Waals surface area contributed by atoms with E-state index in [4.69, 9.17) is 4.74 Å². The summed E-state index contributed by atoms with van der Waals surface area (Å²) >= 11 is 0. The SMILES string of the molecule is CCCc1ccc(OCC(=O)NN=C/C=C\c2ccccc2)cc1. The molecule has 0 saturated carbocycles. The zero-order chi connectivity index (χ0) is 17.0. The lowest BCUT2D eigenvalue weighted by molar-refractivity contribution is -0.123. The summed E-state index contributed by atoms with van der Waals surface area (Å²) in [6.07, 6.45) is 7.36. The lowest BCUT2D eigenvalue weighted by Gasteiger charge is -2.05. The van der Waals surface area contributed by atoms with Gasteiger partial charge in [0.05, 0.1) is 0 Å². The number of hydrogen-bond acceptors (Lipinski definition) is 3. The first kappa shape index (κ1) is 17.5. The molecule has 0 bridgehead atoms. The largest absolute Gasteiger partial charge is 0.484 e. The fourth-order valence-corrected chi connectivity index (χ4v) is 2.09. The van der Waals surface area contributed by atoms with Gasteiger partial charge >= 0.3 is 0 Å². The minimum absolute atomic E-state index is 0.0626. The number of hydrazone groups is 1. The summed E-state index contributed by atoms with van der Waals surface area (Å²) in [6.45, 7) is 2.08. The number of carbonyl (C=O) groups excluding carboxylic acids is 1. The molecule has 0 aromatic heterocycles. The van der Waals surface area contributed by atoms with Gasteiger partial charge in [-0.2, -0.15) is 5.10 Å². The van der Waals surface area contributed by atoms with Gasteiger partial charge in [0.15, 0.2) is 6.61 Å². The zero-order valence-electron chi connectivity index (χ0n) is 13.8. The minimum atomic E-state index is -0.294. The molecule has 4 heteroatoms. The van der Waals surface area contributed by atoms with Crippen molar-refractivity contribution in [2.75, 3.05) is 6.61 Å². The van der Waals surface area contributed by atoms with Crippen LogP contribution in [0.25, 0.3) is 6.08 Å². The van der Waals surface area contributed by atoms with Crippen molar-refractivity contribution in [2.24, 2.45) is 5.10 Å². The smallest absolute Gasteiger partial charge is 0.277 e. The fourth-order valence-electron chi connectivity index (χ4n) is 2.09. The van der Waals surface area contributed by atoms with Crippen LogP contribution in [0.5, 0.6) is 5.75 Å². The molecule has 0 aliphatic heterocycles. The van der Waals surface area contributed by atoms with Gasteiger partial charge in [-0.25, -0.2) is 5.43 Å². The number of nitrogens with one attached hydrogen (secondary N) is 1. The van der Waals surface area contributed by atoms with Crippen molar-refractivity contribution in [2.45, 2.75) is 19.8 Å². The van der Waals surface area contributed by atoms with Crippen molar-refractivity contribution in [3.05, 3.63) is 71.8 Å². The van der Waals surface area contributed by atoms with Gasteiger partial charge in [0.1, 0.15) is 5.75 Å².